The van der Waals surface area contributed by atoms with E-state index in [1.165, 1.54) is 0 Å². The van der Waals surface area contributed by atoms with Crippen molar-refractivity contribution in [3.05, 3.63) is 28.8 Å². The first-order chi connectivity index (χ1) is 8.08. The molecule has 1 aromatic carbocycles. The van der Waals surface area contributed by atoms with Crippen LogP contribution in [0.3, 0.4) is 0 Å². The summed E-state index contributed by atoms with van der Waals surface area (Å²) in [5, 5.41) is 6.77. The summed E-state index contributed by atoms with van der Waals surface area (Å²) < 4.78 is 0. The molecule has 1 fully saturated rings. The van der Waals surface area contributed by atoms with Gasteiger partial charge in [0.25, 0.3) is 0 Å². The zero-order valence-corrected chi connectivity index (χ0v) is 12.1. The minimum atomic E-state index is 0. The first-order valence-corrected chi connectivity index (χ1v) is 6.23. The second kappa shape index (κ2) is 6.41. The van der Waals surface area contributed by atoms with Crippen molar-refractivity contribution in [2.45, 2.75) is 13.8 Å². The molecule has 1 unspecified atom stereocenters. The maximum atomic E-state index is 12.0. The minimum absolute atomic E-state index is 0. The van der Waals surface area contributed by atoms with Gasteiger partial charge >= 0.3 is 0 Å². The Morgan fingerprint density at radius 2 is 2.17 bits per heavy atom. The molecule has 2 rings (SSSR count). The molecule has 1 aromatic rings. The van der Waals surface area contributed by atoms with Gasteiger partial charge in [-0.2, -0.15) is 0 Å². The van der Waals surface area contributed by atoms with Gasteiger partial charge in [-0.15, -0.1) is 12.4 Å². The number of hydrogen-bond donors (Lipinski definition) is 2. The summed E-state index contributed by atoms with van der Waals surface area (Å²) >= 11 is 6.02. The molecule has 0 bridgehead atoms. The lowest BCUT2D eigenvalue weighted by Gasteiger charge is -2.31. The first-order valence-electron chi connectivity index (χ1n) is 5.85. The number of carbonyl (C=O) groups is 1. The van der Waals surface area contributed by atoms with E-state index < -0.39 is 0 Å². The minimum Gasteiger partial charge on any atom is -0.326 e. The highest BCUT2D eigenvalue weighted by Gasteiger charge is 2.28. The molecule has 1 aliphatic rings. The van der Waals surface area contributed by atoms with Gasteiger partial charge in [0.15, 0.2) is 0 Å². The topological polar surface area (TPSA) is 41.1 Å². The third kappa shape index (κ3) is 3.37. The summed E-state index contributed by atoms with van der Waals surface area (Å²) in [7, 11) is 0. The Morgan fingerprint density at radius 1 is 1.50 bits per heavy atom. The highest BCUT2D eigenvalue weighted by Crippen LogP contribution is 2.22. The SMILES string of the molecule is Cc1ccc(NC(=O)C(C)C2CNC2)cc1Cl.Cl. The highest BCUT2D eigenvalue weighted by atomic mass is 35.5. The molecule has 1 aliphatic heterocycles. The van der Waals surface area contributed by atoms with Crippen molar-refractivity contribution in [1.82, 2.24) is 5.32 Å². The maximum Gasteiger partial charge on any atom is 0.227 e. The number of anilines is 1. The fourth-order valence-corrected chi connectivity index (χ4v) is 1.99. The average Bonchev–Trinajstić information content (AvgIpc) is 2.21. The lowest BCUT2D eigenvalue weighted by atomic mass is 9.88. The van der Waals surface area contributed by atoms with Gasteiger partial charge in [-0.3, -0.25) is 4.79 Å². The van der Waals surface area contributed by atoms with Gasteiger partial charge in [0, 0.05) is 16.6 Å². The van der Waals surface area contributed by atoms with Crippen LogP contribution in [0.1, 0.15) is 12.5 Å². The van der Waals surface area contributed by atoms with Gasteiger partial charge in [-0.1, -0.05) is 24.6 Å². The standard InChI is InChI=1S/C13H17ClN2O.ClH/c1-8-3-4-11(5-12(8)14)16-13(17)9(2)10-6-15-7-10;/h3-5,9-10,15H,6-7H2,1-2H3,(H,16,17);1H. The molecule has 1 amide bonds. The van der Waals surface area contributed by atoms with Crippen molar-refractivity contribution < 1.29 is 4.79 Å². The second-order valence-electron chi connectivity index (χ2n) is 4.66. The van der Waals surface area contributed by atoms with E-state index in [2.05, 4.69) is 10.6 Å². The summed E-state index contributed by atoms with van der Waals surface area (Å²) in [6.07, 6.45) is 0. The van der Waals surface area contributed by atoms with Gasteiger partial charge < -0.3 is 10.6 Å². The number of benzene rings is 1. The molecule has 3 nitrogen and oxygen atoms in total. The molecule has 0 spiro atoms. The summed E-state index contributed by atoms with van der Waals surface area (Å²) in [5.41, 5.74) is 1.78. The Kier molecular flexibility index (Phi) is 5.45. The van der Waals surface area contributed by atoms with Crippen LogP contribution in [0.2, 0.25) is 5.02 Å². The van der Waals surface area contributed by atoms with Crippen LogP contribution >= 0.6 is 24.0 Å². The van der Waals surface area contributed by atoms with Crippen molar-refractivity contribution >= 4 is 35.6 Å². The third-order valence-electron chi connectivity index (χ3n) is 3.37. The molecule has 5 heteroatoms. The predicted molar refractivity (Wildman–Crippen MR) is 77.6 cm³/mol. The van der Waals surface area contributed by atoms with Gasteiger partial charge in [0.1, 0.15) is 0 Å². The molecule has 2 N–H and O–H groups in total. The van der Waals surface area contributed by atoms with E-state index in [4.69, 9.17) is 11.6 Å². The maximum absolute atomic E-state index is 12.0. The average molecular weight is 289 g/mol. The van der Waals surface area contributed by atoms with Crippen LogP contribution in [0.5, 0.6) is 0 Å². The fraction of sp³-hybridized carbons (Fsp3) is 0.462. The number of aryl methyl sites for hydroxylation is 1. The molecule has 0 radical (unpaired) electrons. The van der Waals surface area contributed by atoms with Crippen LogP contribution < -0.4 is 10.6 Å². The van der Waals surface area contributed by atoms with Crippen LogP contribution in [0.25, 0.3) is 0 Å². The van der Waals surface area contributed by atoms with E-state index in [0.717, 1.165) is 24.3 Å². The molecular weight excluding hydrogens is 271 g/mol. The van der Waals surface area contributed by atoms with Gasteiger partial charge in [-0.05, 0) is 43.6 Å². The number of nitrogens with one attached hydrogen (secondary N) is 2. The lowest BCUT2D eigenvalue weighted by molar-refractivity contribution is -0.121. The Bertz CT molecular complexity index is 433. The fourth-order valence-electron chi connectivity index (χ4n) is 1.81. The van der Waals surface area contributed by atoms with Crippen molar-refractivity contribution in [2.24, 2.45) is 11.8 Å². The Morgan fingerprint density at radius 3 is 2.67 bits per heavy atom. The van der Waals surface area contributed by atoms with Crippen LogP contribution in [0.15, 0.2) is 18.2 Å². The van der Waals surface area contributed by atoms with Gasteiger partial charge in [-0.25, -0.2) is 0 Å². The normalized spacial score (nSPS) is 16.4. The zero-order chi connectivity index (χ0) is 12.4. The van der Waals surface area contributed by atoms with E-state index in [0.29, 0.717) is 10.9 Å². The third-order valence-corrected chi connectivity index (χ3v) is 3.78. The Balaban J connectivity index is 0.00000162. The molecule has 100 valence electrons. The summed E-state index contributed by atoms with van der Waals surface area (Å²) in [4.78, 5) is 12.0. The molecule has 0 saturated carbocycles. The van der Waals surface area contributed by atoms with Crippen LogP contribution in [0.4, 0.5) is 5.69 Å². The van der Waals surface area contributed by atoms with Crippen LogP contribution in [-0.2, 0) is 4.79 Å². The molecule has 0 aliphatic carbocycles. The number of carbonyl (C=O) groups excluding carboxylic acids is 1. The van der Waals surface area contributed by atoms with Crippen molar-refractivity contribution in [2.75, 3.05) is 18.4 Å². The summed E-state index contributed by atoms with van der Waals surface area (Å²) in [6.45, 7) is 5.78. The molecule has 1 atom stereocenters. The van der Waals surface area contributed by atoms with Gasteiger partial charge in [0.05, 0.1) is 0 Å². The van der Waals surface area contributed by atoms with E-state index >= 15 is 0 Å². The van der Waals surface area contributed by atoms with E-state index in [1.807, 2.05) is 26.0 Å². The molecule has 1 saturated heterocycles. The van der Waals surface area contributed by atoms with Crippen LogP contribution in [-0.4, -0.2) is 19.0 Å². The van der Waals surface area contributed by atoms with Gasteiger partial charge in [0.2, 0.25) is 5.91 Å². The molecular formula is C13H18Cl2N2O. The Labute approximate surface area is 119 Å². The molecule has 18 heavy (non-hydrogen) atoms. The highest BCUT2D eigenvalue weighted by molar-refractivity contribution is 6.31. The van der Waals surface area contributed by atoms with E-state index in [-0.39, 0.29) is 24.2 Å². The quantitative estimate of drug-likeness (QED) is 0.898. The monoisotopic (exact) mass is 288 g/mol. The Hall–Kier alpha value is -0.770. The predicted octanol–water partition coefficient (Wildman–Crippen LogP) is 2.86. The van der Waals surface area contributed by atoms with Crippen molar-refractivity contribution in [3.8, 4) is 0 Å². The first kappa shape index (κ1) is 15.3. The number of rotatable bonds is 3. The molecule has 0 aromatic heterocycles. The van der Waals surface area contributed by atoms with E-state index in [1.54, 1.807) is 6.07 Å². The van der Waals surface area contributed by atoms with Crippen molar-refractivity contribution in [3.63, 3.8) is 0 Å². The second-order valence-corrected chi connectivity index (χ2v) is 5.07. The lowest BCUT2D eigenvalue weighted by Crippen LogP contribution is -2.48. The number of hydrogen-bond acceptors (Lipinski definition) is 2. The zero-order valence-electron chi connectivity index (χ0n) is 10.5. The number of amides is 1. The van der Waals surface area contributed by atoms with Crippen LogP contribution in [0, 0.1) is 18.8 Å². The number of halogens is 2. The van der Waals surface area contributed by atoms with Crippen molar-refractivity contribution in [1.29, 1.82) is 0 Å². The smallest absolute Gasteiger partial charge is 0.227 e. The van der Waals surface area contributed by atoms with E-state index in [9.17, 15) is 4.79 Å². The summed E-state index contributed by atoms with van der Waals surface area (Å²) in [5.74, 6) is 0.559. The molecule has 1 heterocycles. The largest absolute Gasteiger partial charge is 0.326 e. The summed E-state index contributed by atoms with van der Waals surface area (Å²) in [6, 6.07) is 5.58.